The van der Waals surface area contributed by atoms with Gasteiger partial charge in [0.25, 0.3) is 11.0 Å². The zero-order valence-electron chi connectivity index (χ0n) is 29.2. The summed E-state index contributed by atoms with van der Waals surface area (Å²) in [5, 5.41) is 0. The molecule has 0 fully saturated rings. The predicted molar refractivity (Wildman–Crippen MR) is 204 cm³/mol. The molecule has 3 aliphatic heterocycles. The van der Waals surface area contributed by atoms with E-state index >= 15 is 0 Å². The van der Waals surface area contributed by atoms with Gasteiger partial charge in [0.05, 0.1) is 23.5 Å². The molecular weight excluding hydrogens is 649 g/mol. The molecule has 0 radical (unpaired) electrons. The van der Waals surface area contributed by atoms with E-state index in [1.165, 1.54) is 0 Å². The highest BCUT2D eigenvalue weighted by Gasteiger charge is 2.28. The third-order valence-electron chi connectivity index (χ3n) is 10.0. The van der Waals surface area contributed by atoms with Crippen molar-refractivity contribution in [2.75, 3.05) is 22.9 Å². The Morgan fingerprint density at radius 1 is 0.462 bits per heavy atom. The lowest BCUT2D eigenvalue weighted by molar-refractivity contribution is -0.682. The molecule has 0 spiro atoms. The molecule has 8 nitrogen and oxygen atoms in total. The van der Waals surface area contributed by atoms with Gasteiger partial charge < -0.3 is 28.1 Å². The molecule has 2 aromatic heterocycles. The number of aromatic nitrogens is 2. The number of fused-ring (bicyclic) bond motifs is 12. The Hall–Kier alpha value is -6.02. The van der Waals surface area contributed by atoms with E-state index in [2.05, 4.69) is 104 Å². The Labute approximate surface area is 303 Å². The van der Waals surface area contributed by atoms with E-state index in [1.54, 1.807) is 0 Å². The number of hydrogen-bond acceptors (Lipinski definition) is 6. The molecule has 4 aromatic carbocycles. The average molecular weight is 691 g/mol. The van der Waals surface area contributed by atoms with Gasteiger partial charge in [0.15, 0.2) is 24.6 Å². The van der Waals surface area contributed by atoms with E-state index < -0.39 is 0 Å². The Morgan fingerprint density at radius 3 is 1.42 bits per heavy atom. The molecular formula is C44H42N4O4+2. The summed E-state index contributed by atoms with van der Waals surface area (Å²) in [6.45, 7) is 3.43. The standard InChI is InChI=1S/C44H42N4O4/c1-11-29-45-33-17-3-7-21-37(33)49-41(45)25-15-27-43-47(35-19-5-9-23-39(35)51-43)31-13-2-14-32-48-36-20-6-10-24-40(36)52-44(48)28-16-26-42-46(30-12-1)34-18-4-8-22-38(34)50-42/h3-10,15-28H,1-2,11-14,29-32H2/q+2. The van der Waals surface area contributed by atoms with E-state index in [-0.39, 0.29) is 0 Å². The quantitative estimate of drug-likeness (QED) is 0.148. The van der Waals surface area contributed by atoms with Gasteiger partial charge in [0.2, 0.25) is 22.9 Å². The van der Waals surface area contributed by atoms with Gasteiger partial charge in [-0.25, -0.2) is 0 Å². The molecule has 9 rings (SSSR count). The molecule has 52 heavy (non-hydrogen) atoms. The van der Waals surface area contributed by atoms with Crippen LogP contribution in [0.3, 0.4) is 0 Å². The van der Waals surface area contributed by atoms with Crippen molar-refractivity contribution in [2.45, 2.75) is 51.6 Å². The summed E-state index contributed by atoms with van der Waals surface area (Å²) in [6, 6.07) is 33.1. The maximum Gasteiger partial charge on any atom is 0.374 e. The van der Waals surface area contributed by atoms with Crippen LogP contribution in [0.2, 0.25) is 0 Å². The molecule has 0 saturated heterocycles. The third kappa shape index (κ3) is 6.25. The van der Waals surface area contributed by atoms with Crippen molar-refractivity contribution in [3.63, 3.8) is 0 Å². The fourth-order valence-corrected chi connectivity index (χ4v) is 7.49. The number of anilines is 2. The van der Waals surface area contributed by atoms with Gasteiger partial charge in [0, 0.05) is 38.1 Å². The second-order valence-electron chi connectivity index (χ2n) is 13.4. The van der Waals surface area contributed by atoms with Gasteiger partial charge >= 0.3 is 11.8 Å². The number of allylic oxidation sites excluding steroid dienone is 4. The first-order valence-electron chi connectivity index (χ1n) is 18.5. The molecule has 0 atom stereocenters. The second kappa shape index (κ2) is 14.3. The van der Waals surface area contributed by atoms with E-state index in [1.807, 2.05) is 48.5 Å². The number of hydrogen-bond donors (Lipinski definition) is 0. The number of oxazole rings is 2. The van der Waals surface area contributed by atoms with Crippen molar-refractivity contribution in [3.05, 3.63) is 145 Å². The molecule has 6 aromatic rings. The molecule has 0 unspecified atom stereocenters. The second-order valence-corrected chi connectivity index (χ2v) is 13.4. The molecule has 3 aliphatic rings. The SMILES string of the molecule is C1=C\c2oc3ccccc3[n+]2CCCCC[n+]2c(oc3ccccc32)/C=C\C=C2\Oc3ccccc3N2CCCCCN2/C(=C/1)Oc1ccccc12. The van der Waals surface area contributed by atoms with E-state index in [0.717, 1.165) is 133 Å². The fourth-order valence-electron chi connectivity index (χ4n) is 7.49. The summed E-state index contributed by atoms with van der Waals surface area (Å²) < 4.78 is 30.1. The third-order valence-corrected chi connectivity index (χ3v) is 10.0. The van der Waals surface area contributed by atoms with Crippen LogP contribution in [0.15, 0.2) is 142 Å². The van der Waals surface area contributed by atoms with Crippen LogP contribution in [-0.2, 0) is 13.1 Å². The topological polar surface area (TPSA) is 59.0 Å². The smallest absolute Gasteiger partial charge is 0.374 e. The minimum Gasteiger partial charge on any atom is -0.439 e. The lowest BCUT2D eigenvalue weighted by atomic mass is 10.2. The summed E-state index contributed by atoms with van der Waals surface area (Å²) in [4.78, 5) is 4.58. The minimum absolute atomic E-state index is 0.831. The van der Waals surface area contributed by atoms with Crippen molar-refractivity contribution >= 4 is 45.7 Å². The molecule has 0 amide bonds. The Bertz CT molecular complexity index is 2200. The van der Waals surface area contributed by atoms with Crippen molar-refractivity contribution < 1.29 is 27.4 Å². The van der Waals surface area contributed by atoms with Crippen molar-refractivity contribution in [1.82, 2.24) is 0 Å². The van der Waals surface area contributed by atoms with E-state index in [0.29, 0.717) is 0 Å². The molecule has 0 N–H and O–H groups in total. The molecule has 260 valence electrons. The fraction of sp³-hybridized carbons (Fsp3) is 0.227. The number of para-hydroxylation sites is 8. The number of benzene rings is 4. The minimum atomic E-state index is 0.831. The van der Waals surface area contributed by atoms with Gasteiger partial charge in [-0.1, -0.05) is 48.5 Å². The maximum atomic E-state index is 6.37. The van der Waals surface area contributed by atoms with Crippen LogP contribution in [0.4, 0.5) is 11.4 Å². The van der Waals surface area contributed by atoms with Crippen LogP contribution in [0.1, 0.15) is 50.3 Å². The van der Waals surface area contributed by atoms with Crippen molar-refractivity contribution in [1.29, 1.82) is 0 Å². The number of aryl methyl sites for hydroxylation is 2. The van der Waals surface area contributed by atoms with E-state index in [9.17, 15) is 0 Å². The Balaban J connectivity index is 1.03. The zero-order chi connectivity index (χ0) is 34.7. The van der Waals surface area contributed by atoms with Crippen LogP contribution in [-0.4, -0.2) is 13.1 Å². The van der Waals surface area contributed by atoms with Gasteiger partial charge in [-0.05, 0) is 86.4 Å². The first kappa shape index (κ1) is 31.9. The first-order valence-corrected chi connectivity index (χ1v) is 18.5. The van der Waals surface area contributed by atoms with Gasteiger partial charge in [-0.2, -0.15) is 9.13 Å². The lowest BCUT2D eigenvalue weighted by Gasteiger charge is -2.20. The predicted octanol–water partition coefficient (Wildman–Crippen LogP) is 9.32. The summed E-state index contributed by atoms with van der Waals surface area (Å²) in [5.74, 6) is 5.10. The van der Waals surface area contributed by atoms with Gasteiger partial charge in [-0.15, -0.1) is 0 Å². The summed E-state index contributed by atoms with van der Waals surface area (Å²) in [6.07, 6.45) is 18.5. The molecule has 0 saturated carbocycles. The van der Waals surface area contributed by atoms with Crippen molar-refractivity contribution in [3.8, 4) is 11.5 Å². The number of ether oxygens (including phenoxy) is 2. The molecule has 0 aliphatic carbocycles. The lowest BCUT2D eigenvalue weighted by Crippen LogP contribution is -2.36. The van der Waals surface area contributed by atoms with Crippen LogP contribution in [0.5, 0.6) is 11.5 Å². The Kier molecular flexibility index (Phi) is 8.78. The molecule has 0 bridgehead atoms. The Morgan fingerprint density at radius 2 is 0.904 bits per heavy atom. The highest BCUT2D eigenvalue weighted by Crippen LogP contribution is 2.40. The van der Waals surface area contributed by atoms with Crippen LogP contribution < -0.4 is 28.4 Å². The maximum absolute atomic E-state index is 6.37. The van der Waals surface area contributed by atoms with Gasteiger partial charge in [0.1, 0.15) is 0 Å². The number of rotatable bonds is 0. The van der Waals surface area contributed by atoms with E-state index in [4.69, 9.17) is 18.3 Å². The van der Waals surface area contributed by atoms with Crippen molar-refractivity contribution in [2.24, 2.45) is 0 Å². The highest BCUT2D eigenvalue weighted by molar-refractivity contribution is 5.71. The zero-order valence-corrected chi connectivity index (χ0v) is 29.2. The highest BCUT2D eigenvalue weighted by atomic mass is 16.5. The molecule has 5 heterocycles. The summed E-state index contributed by atoms with van der Waals surface area (Å²) >= 11 is 0. The first-order chi connectivity index (χ1) is 25.8. The van der Waals surface area contributed by atoms with Crippen LogP contribution >= 0.6 is 0 Å². The number of nitrogens with zero attached hydrogens (tertiary/aromatic N) is 4. The van der Waals surface area contributed by atoms with Gasteiger partial charge in [-0.3, -0.25) is 0 Å². The van der Waals surface area contributed by atoms with Crippen LogP contribution in [0, 0.1) is 0 Å². The van der Waals surface area contributed by atoms with Crippen LogP contribution in [0.25, 0.3) is 34.4 Å². The normalized spacial score (nSPS) is 20.0. The largest absolute Gasteiger partial charge is 0.439 e. The average Bonchev–Trinajstić information content (AvgIpc) is 3.92. The molecule has 8 heteroatoms. The summed E-state index contributed by atoms with van der Waals surface area (Å²) in [5.41, 5.74) is 6.19. The monoisotopic (exact) mass is 690 g/mol. The summed E-state index contributed by atoms with van der Waals surface area (Å²) in [7, 11) is 0.